The van der Waals surface area contributed by atoms with Crippen molar-refractivity contribution in [1.82, 2.24) is 4.90 Å². The summed E-state index contributed by atoms with van der Waals surface area (Å²) in [5.74, 6) is -1.56. The first-order chi connectivity index (χ1) is 10.1. The normalized spacial score (nSPS) is 20.9. The Balaban J connectivity index is 1.67. The Hall–Kier alpha value is -1.62. The molecule has 0 aromatic heterocycles. The summed E-state index contributed by atoms with van der Waals surface area (Å²) < 4.78 is 13.6. The summed E-state index contributed by atoms with van der Waals surface area (Å²) in [4.78, 5) is 15.7. The van der Waals surface area contributed by atoms with Crippen molar-refractivity contribution >= 4 is 11.7 Å². The largest absolute Gasteiger partial charge is 0.478 e. The maximum absolute atomic E-state index is 13.6. The van der Waals surface area contributed by atoms with E-state index in [9.17, 15) is 9.18 Å². The van der Waals surface area contributed by atoms with Crippen molar-refractivity contribution in [2.45, 2.75) is 31.7 Å². The third-order valence-electron chi connectivity index (χ3n) is 4.62. The highest BCUT2D eigenvalue weighted by atomic mass is 19.1. The number of halogens is 1. The van der Waals surface area contributed by atoms with Crippen LogP contribution in [0.3, 0.4) is 0 Å². The maximum Gasteiger partial charge on any atom is 0.335 e. The van der Waals surface area contributed by atoms with Gasteiger partial charge in [-0.1, -0.05) is 0 Å². The molecule has 0 bridgehead atoms. The van der Waals surface area contributed by atoms with Gasteiger partial charge in [-0.25, -0.2) is 9.18 Å². The minimum atomic E-state index is -1.08. The molecule has 2 saturated heterocycles. The van der Waals surface area contributed by atoms with Gasteiger partial charge in [0.1, 0.15) is 5.82 Å². The summed E-state index contributed by atoms with van der Waals surface area (Å²) in [6.07, 6.45) is 4.73. The molecule has 114 valence electrons. The number of likely N-dealkylation sites (tertiary alicyclic amines) is 1. The molecule has 0 atom stereocenters. The fourth-order valence-corrected chi connectivity index (χ4v) is 3.48. The molecule has 0 unspecified atom stereocenters. The quantitative estimate of drug-likeness (QED) is 0.930. The Labute approximate surface area is 124 Å². The summed E-state index contributed by atoms with van der Waals surface area (Å²) >= 11 is 0. The van der Waals surface area contributed by atoms with Gasteiger partial charge in [-0.2, -0.15) is 0 Å². The minimum absolute atomic E-state index is 0.0201. The van der Waals surface area contributed by atoms with Crippen molar-refractivity contribution in [2.75, 3.05) is 31.1 Å². The van der Waals surface area contributed by atoms with Gasteiger partial charge in [-0.05, 0) is 57.0 Å². The van der Waals surface area contributed by atoms with E-state index in [0.29, 0.717) is 11.7 Å². The molecule has 2 fully saturated rings. The second kappa shape index (κ2) is 6.02. The molecule has 1 N–H and O–H groups in total. The summed E-state index contributed by atoms with van der Waals surface area (Å²) in [6, 6.07) is 4.71. The van der Waals surface area contributed by atoms with Crippen molar-refractivity contribution < 1.29 is 14.3 Å². The Morgan fingerprint density at radius 1 is 1.10 bits per heavy atom. The van der Waals surface area contributed by atoms with Gasteiger partial charge in [0.25, 0.3) is 0 Å². The van der Waals surface area contributed by atoms with E-state index in [1.165, 1.54) is 32.0 Å². The molecule has 5 heteroatoms. The molecular weight excluding hydrogens is 271 g/mol. The number of nitrogens with zero attached hydrogens (tertiary/aromatic N) is 2. The first-order valence-corrected chi connectivity index (χ1v) is 7.66. The molecule has 4 nitrogen and oxygen atoms in total. The van der Waals surface area contributed by atoms with Gasteiger partial charge in [0.05, 0.1) is 5.56 Å². The van der Waals surface area contributed by atoms with E-state index in [1.54, 1.807) is 6.07 Å². The highest BCUT2D eigenvalue weighted by Crippen LogP contribution is 2.26. The summed E-state index contributed by atoms with van der Waals surface area (Å²) in [7, 11) is 0. The van der Waals surface area contributed by atoms with E-state index < -0.39 is 11.8 Å². The van der Waals surface area contributed by atoms with Crippen LogP contribution in [-0.4, -0.2) is 48.2 Å². The molecule has 0 amide bonds. The predicted octanol–water partition coefficient (Wildman–Crippen LogP) is 2.59. The highest BCUT2D eigenvalue weighted by molar-refractivity contribution is 5.88. The molecule has 0 radical (unpaired) electrons. The smallest absolute Gasteiger partial charge is 0.335 e. The first-order valence-electron chi connectivity index (χ1n) is 7.66. The third kappa shape index (κ3) is 3.18. The number of hydrogen-bond donors (Lipinski definition) is 1. The van der Waals surface area contributed by atoms with Gasteiger partial charge in [0.15, 0.2) is 0 Å². The van der Waals surface area contributed by atoms with Gasteiger partial charge in [0, 0.05) is 24.8 Å². The van der Waals surface area contributed by atoms with Crippen LogP contribution >= 0.6 is 0 Å². The van der Waals surface area contributed by atoms with Crippen LogP contribution < -0.4 is 4.90 Å². The van der Waals surface area contributed by atoms with E-state index in [0.717, 1.165) is 32.0 Å². The molecule has 2 aliphatic heterocycles. The number of carboxylic acid groups (broad SMARTS) is 1. The van der Waals surface area contributed by atoms with Crippen molar-refractivity contribution in [3.05, 3.63) is 29.6 Å². The molecule has 1 aromatic rings. The van der Waals surface area contributed by atoms with E-state index in [4.69, 9.17) is 5.11 Å². The molecule has 0 spiro atoms. The van der Waals surface area contributed by atoms with Gasteiger partial charge in [-0.15, -0.1) is 0 Å². The summed E-state index contributed by atoms with van der Waals surface area (Å²) in [5, 5.41) is 9.03. The molecule has 3 rings (SSSR count). The fourth-order valence-electron chi connectivity index (χ4n) is 3.48. The molecule has 1 aromatic carbocycles. The molecule has 2 aliphatic rings. The zero-order chi connectivity index (χ0) is 14.8. The Kier molecular flexibility index (Phi) is 4.10. The number of piperidine rings is 1. The fraction of sp³-hybridized carbons (Fsp3) is 0.562. The van der Waals surface area contributed by atoms with Crippen LogP contribution in [0.1, 0.15) is 36.0 Å². The molecule has 0 saturated carbocycles. The van der Waals surface area contributed by atoms with Gasteiger partial charge >= 0.3 is 5.97 Å². The number of carboxylic acids is 1. The van der Waals surface area contributed by atoms with Crippen LogP contribution in [0.2, 0.25) is 0 Å². The van der Waals surface area contributed by atoms with Crippen LogP contribution in [0.5, 0.6) is 0 Å². The number of rotatable bonds is 3. The SMILES string of the molecule is O=C(O)c1cc(F)cc(N2CCC(N3CCCC3)CC2)c1. The molecule has 21 heavy (non-hydrogen) atoms. The van der Waals surface area contributed by atoms with Crippen LogP contribution in [-0.2, 0) is 0 Å². The topological polar surface area (TPSA) is 43.8 Å². The lowest BCUT2D eigenvalue weighted by Gasteiger charge is -2.37. The average molecular weight is 292 g/mol. The van der Waals surface area contributed by atoms with Crippen molar-refractivity contribution in [3.8, 4) is 0 Å². The Morgan fingerprint density at radius 2 is 1.76 bits per heavy atom. The number of aromatic carboxylic acids is 1. The van der Waals surface area contributed by atoms with Gasteiger partial charge in [0.2, 0.25) is 0 Å². The van der Waals surface area contributed by atoms with Gasteiger partial charge < -0.3 is 14.9 Å². The van der Waals surface area contributed by atoms with Gasteiger partial charge in [-0.3, -0.25) is 0 Å². The van der Waals surface area contributed by atoms with Crippen LogP contribution in [0, 0.1) is 5.82 Å². The van der Waals surface area contributed by atoms with Crippen molar-refractivity contribution in [2.24, 2.45) is 0 Å². The van der Waals surface area contributed by atoms with Crippen molar-refractivity contribution in [3.63, 3.8) is 0 Å². The number of benzene rings is 1. The summed E-state index contributed by atoms with van der Waals surface area (Å²) in [6.45, 7) is 4.13. The highest BCUT2D eigenvalue weighted by Gasteiger charge is 2.26. The number of carbonyl (C=O) groups is 1. The standard InChI is InChI=1S/C16H21FN2O2/c17-13-9-12(16(20)21)10-15(11-13)19-7-3-14(4-8-19)18-5-1-2-6-18/h9-11,14H,1-8H2,(H,20,21). The lowest BCUT2D eigenvalue weighted by molar-refractivity contribution is 0.0696. The van der Waals surface area contributed by atoms with Crippen LogP contribution in [0.15, 0.2) is 18.2 Å². The lowest BCUT2D eigenvalue weighted by Crippen LogP contribution is -2.43. The molecule has 2 heterocycles. The Morgan fingerprint density at radius 3 is 2.38 bits per heavy atom. The molecule has 0 aliphatic carbocycles. The van der Waals surface area contributed by atoms with Crippen LogP contribution in [0.25, 0.3) is 0 Å². The maximum atomic E-state index is 13.6. The monoisotopic (exact) mass is 292 g/mol. The van der Waals surface area contributed by atoms with E-state index in [-0.39, 0.29) is 5.56 Å². The lowest BCUT2D eigenvalue weighted by atomic mass is 10.0. The third-order valence-corrected chi connectivity index (χ3v) is 4.62. The number of hydrogen-bond acceptors (Lipinski definition) is 3. The summed E-state index contributed by atoms with van der Waals surface area (Å²) in [5.41, 5.74) is 0.707. The second-order valence-corrected chi connectivity index (χ2v) is 5.96. The van der Waals surface area contributed by atoms with Crippen molar-refractivity contribution in [1.29, 1.82) is 0 Å². The zero-order valence-electron chi connectivity index (χ0n) is 12.1. The second-order valence-electron chi connectivity index (χ2n) is 5.96. The van der Waals surface area contributed by atoms with E-state index in [1.807, 2.05) is 0 Å². The molecular formula is C16H21FN2O2. The Bertz CT molecular complexity index is 521. The first kappa shape index (κ1) is 14.3. The zero-order valence-corrected chi connectivity index (χ0v) is 12.1. The number of anilines is 1. The van der Waals surface area contributed by atoms with E-state index in [2.05, 4.69) is 9.80 Å². The predicted molar refractivity (Wildman–Crippen MR) is 79.4 cm³/mol. The van der Waals surface area contributed by atoms with E-state index >= 15 is 0 Å². The minimum Gasteiger partial charge on any atom is -0.478 e. The average Bonchev–Trinajstić information content (AvgIpc) is 3.01. The van der Waals surface area contributed by atoms with Crippen LogP contribution in [0.4, 0.5) is 10.1 Å².